The Hall–Kier alpha value is -0.980. The van der Waals surface area contributed by atoms with Crippen LogP contribution in [0.15, 0.2) is 36.4 Å². The number of nitrogens with zero attached hydrogens (tertiary/aromatic N) is 2. The van der Waals surface area contributed by atoms with Crippen molar-refractivity contribution in [3.63, 3.8) is 0 Å². The summed E-state index contributed by atoms with van der Waals surface area (Å²) in [7, 11) is 1.65. The van der Waals surface area contributed by atoms with Crippen LogP contribution in [-0.4, -0.2) is 16.7 Å². The van der Waals surface area contributed by atoms with Crippen LogP contribution in [0.4, 0.5) is 0 Å². The van der Waals surface area contributed by atoms with E-state index in [0.717, 1.165) is 31.9 Å². The Labute approximate surface area is 146 Å². The number of benzene rings is 2. The Kier molecular flexibility index (Phi) is 4.28. The largest absolute Gasteiger partial charge is 0.497 e. The molecule has 0 unspecified atom stereocenters. The Morgan fingerprint density at radius 3 is 2.71 bits per heavy atom. The number of alkyl halides is 1. The minimum absolute atomic E-state index is 0.329. The summed E-state index contributed by atoms with van der Waals surface area (Å²) in [5, 5.41) is 0.706. The molecule has 0 bridgehead atoms. The number of fused-ring (bicyclic) bond motifs is 1. The fourth-order valence-corrected chi connectivity index (χ4v) is 3.54. The molecule has 0 amide bonds. The topological polar surface area (TPSA) is 27.1 Å². The van der Waals surface area contributed by atoms with Crippen molar-refractivity contribution < 1.29 is 4.74 Å². The highest BCUT2D eigenvalue weighted by molar-refractivity contribution is 14.1. The van der Waals surface area contributed by atoms with Gasteiger partial charge in [-0.05, 0) is 52.9 Å². The van der Waals surface area contributed by atoms with Crippen molar-refractivity contribution in [2.75, 3.05) is 7.11 Å². The Morgan fingerprint density at radius 1 is 1.24 bits per heavy atom. The van der Waals surface area contributed by atoms with Crippen LogP contribution in [0, 0.1) is 3.57 Å². The second-order valence-corrected chi connectivity index (χ2v) is 6.31. The first kappa shape index (κ1) is 14.9. The normalized spacial score (nSPS) is 11.0. The molecule has 0 aliphatic heterocycles. The molecule has 1 heterocycles. The summed E-state index contributed by atoms with van der Waals surface area (Å²) >= 11 is 14.4. The number of halogens is 3. The number of ether oxygens (including phenoxy) is 1. The SMILES string of the molecule is COc1ccc2nc(CCl)n(-c3ccc(Cl)cc3I)c2c1. The van der Waals surface area contributed by atoms with Crippen molar-refractivity contribution >= 4 is 56.8 Å². The van der Waals surface area contributed by atoms with Gasteiger partial charge < -0.3 is 4.74 Å². The predicted molar refractivity (Wildman–Crippen MR) is 94.9 cm³/mol. The van der Waals surface area contributed by atoms with E-state index in [9.17, 15) is 0 Å². The molecule has 0 aliphatic carbocycles. The van der Waals surface area contributed by atoms with E-state index >= 15 is 0 Å². The zero-order valence-electron chi connectivity index (χ0n) is 11.1. The van der Waals surface area contributed by atoms with E-state index in [4.69, 9.17) is 27.9 Å². The van der Waals surface area contributed by atoms with E-state index in [2.05, 4.69) is 27.6 Å². The van der Waals surface area contributed by atoms with Crippen molar-refractivity contribution in [3.8, 4) is 11.4 Å². The molecule has 3 aromatic rings. The number of methoxy groups -OCH3 is 1. The number of aromatic nitrogens is 2. The van der Waals surface area contributed by atoms with E-state index in [1.54, 1.807) is 7.11 Å². The summed E-state index contributed by atoms with van der Waals surface area (Å²) in [5.74, 6) is 1.91. The van der Waals surface area contributed by atoms with Gasteiger partial charge in [-0.2, -0.15) is 0 Å². The van der Waals surface area contributed by atoms with E-state index < -0.39 is 0 Å². The zero-order valence-corrected chi connectivity index (χ0v) is 14.8. The van der Waals surface area contributed by atoms with Crippen molar-refractivity contribution in [3.05, 3.63) is 50.8 Å². The lowest BCUT2D eigenvalue weighted by molar-refractivity contribution is 0.415. The Morgan fingerprint density at radius 2 is 2.05 bits per heavy atom. The van der Waals surface area contributed by atoms with Crippen LogP contribution in [0.5, 0.6) is 5.75 Å². The lowest BCUT2D eigenvalue weighted by Gasteiger charge is -2.11. The van der Waals surface area contributed by atoms with E-state index in [1.807, 2.05) is 41.0 Å². The van der Waals surface area contributed by atoms with Gasteiger partial charge in [0.25, 0.3) is 0 Å². The first-order valence-electron chi connectivity index (χ1n) is 6.21. The van der Waals surface area contributed by atoms with Gasteiger partial charge in [-0.1, -0.05) is 11.6 Å². The molecule has 108 valence electrons. The summed E-state index contributed by atoms with van der Waals surface area (Å²) in [6.45, 7) is 0. The molecule has 0 saturated heterocycles. The van der Waals surface area contributed by atoms with Gasteiger partial charge in [0, 0.05) is 14.7 Å². The molecular formula is C15H11Cl2IN2O. The van der Waals surface area contributed by atoms with E-state index in [-0.39, 0.29) is 0 Å². The predicted octanol–water partition coefficient (Wildman–Crippen LogP) is 5.03. The number of imidazole rings is 1. The third kappa shape index (κ3) is 2.72. The van der Waals surface area contributed by atoms with Crippen molar-refractivity contribution in [2.45, 2.75) is 5.88 Å². The van der Waals surface area contributed by atoms with Crippen molar-refractivity contribution in [1.29, 1.82) is 0 Å². The molecule has 6 heteroatoms. The molecule has 2 aromatic carbocycles. The first-order valence-corrected chi connectivity index (χ1v) is 8.20. The summed E-state index contributed by atoms with van der Waals surface area (Å²) in [6, 6.07) is 11.5. The highest BCUT2D eigenvalue weighted by Crippen LogP contribution is 2.29. The number of hydrogen-bond acceptors (Lipinski definition) is 2. The third-order valence-corrected chi connectivity index (χ3v) is 4.54. The standard InChI is InChI=1S/C15H11Cl2IN2O/c1-21-10-3-4-12-14(7-10)20(15(8-16)19-12)13-5-2-9(17)6-11(13)18/h2-7H,8H2,1H3. The van der Waals surface area contributed by atoms with Crippen LogP contribution in [0.3, 0.4) is 0 Å². The molecule has 0 atom stereocenters. The van der Waals surface area contributed by atoms with Gasteiger partial charge in [0.15, 0.2) is 0 Å². The quantitative estimate of drug-likeness (QED) is 0.428. The maximum absolute atomic E-state index is 6.07. The van der Waals surface area contributed by atoms with Crippen LogP contribution in [0.2, 0.25) is 5.02 Å². The second-order valence-electron chi connectivity index (χ2n) is 4.45. The zero-order chi connectivity index (χ0) is 15.0. The van der Waals surface area contributed by atoms with Gasteiger partial charge in [-0.25, -0.2) is 4.98 Å². The lowest BCUT2D eigenvalue weighted by Crippen LogP contribution is -2.01. The van der Waals surface area contributed by atoms with Gasteiger partial charge in [0.1, 0.15) is 11.6 Å². The van der Waals surface area contributed by atoms with E-state index in [1.165, 1.54) is 0 Å². The van der Waals surface area contributed by atoms with Crippen LogP contribution in [0.1, 0.15) is 5.82 Å². The van der Waals surface area contributed by atoms with Gasteiger partial charge in [0.05, 0.1) is 29.7 Å². The molecule has 21 heavy (non-hydrogen) atoms. The monoisotopic (exact) mass is 432 g/mol. The third-order valence-electron chi connectivity index (χ3n) is 3.20. The average molecular weight is 433 g/mol. The lowest BCUT2D eigenvalue weighted by atomic mass is 10.2. The minimum atomic E-state index is 0.329. The number of hydrogen-bond donors (Lipinski definition) is 0. The van der Waals surface area contributed by atoms with Crippen LogP contribution < -0.4 is 4.74 Å². The molecule has 0 aliphatic rings. The fraction of sp³-hybridized carbons (Fsp3) is 0.133. The average Bonchev–Trinajstić information content (AvgIpc) is 2.84. The molecule has 0 N–H and O–H groups in total. The highest BCUT2D eigenvalue weighted by Gasteiger charge is 2.14. The van der Waals surface area contributed by atoms with Crippen LogP contribution in [-0.2, 0) is 5.88 Å². The van der Waals surface area contributed by atoms with Crippen LogP contribution in [0.25, 0.3) is 16.7 Å². The van der Waals surface area contributed by atoms with Crippen molar-refractivity contribution in [2.24, 2.45) is 0 Å². The maximum Gasteiger partial charge on any atom is 0.129 e. The maximum atomic E-state index is 6.07. The highest BCUT2D eigenvalue weighted by atomic mass is 127. The van der Waals surface area contributed by atoms with Gasteiger partial charge in [-0.15, -0.1) is 11.6 Å². The van der Waals surface area contributed by atoms with Gasteiger partial charge in [-0.3, -0.25) is 4.57 Å². The summed E-state index contributed by atoms with van der Waals surface area (Å²) in [4.78, 5) is 4.59. The summed E-state index contributed by atoms with van der Waals surface area (Å²) in [5.41, 5.74) is 2.86. The smallest absolute Gasteiger partial charge is 0.129 e. The van der Waals surface area contributed by atoms with E-state index in [0.29, 0.717) is 10.9 Å². The summed E-state index contributed by atoms with van der Waals surface area (Å²) < 4.78 is 8.39. The second kappa shape index (κ2) is 6.02. The molecular weight excluding hydrogens is 422 g/mol. The first-order chi connectivity index (χ1) is 10.1. The molecule has 0 fully saturated rings. The molecule has 0 saturated carbocycles. The molecule has 3 nitrogen and oxygen atoms in total. The van der Waals surface area contributed by atoms with Crippen LogP contribution >= 0.6 is 45.8 Å². The molecule has 3 rings (SSSR count). The van der Waals surface area contributed by atoms with Gasteiger partial charge in [0.2, 0.25) is 0 Å². The van der Waals surface area contributed by atoms with Gasteiger partial charge >= 0.3 is 0 Å². The summed E-state index contributed by atoms with van der Waals surface area (Å²) in [6.07, 6.45) is 0. The minimum Gasteiger partial charge on any atom is -0.497 e. The molecule has 0 radical (unpaired) electrons. The fourth-order valence-electron chi connectivity index (χ4n) is 2.25. The molecule has 1 aromatic heterocycles. The number of rotatable bonds is 3. The van der Waals surface area contributed by atoms with Crippen molar-refractivity contribution in [1.82, 2.24) is 9.55 Å². The Balaban J connectivity index is 2.33. The Bertz CT molecular complexity index is 817. The molecule has 0 spiro atoms.